The van der Waals surface area contributed by atoms with Crippen LogP contribution < -0.4 is 0 Å². The lowest BCUT2D eigenvalue weighted by Gasteiger charge is -2.24. The first-order valence-corrected chi connectivity index (χ1v) is 5.09. The standard InChI is InChI=1S/C10H20N2O2/c1-11(2)10(6-7-10)5-4-8-12(3)9(13)14/h4-8H2,1-3H3,(H,13,14). The number of nitrogens with zero attached hydrogens (tertiary/aromatic N) is 2. The van der Waals surface area contributed by atoms with E-state index in [0.717, 1.165) is 12.8 Å². The molecule has 1 N–H and O–H groups in total. The van der Waals surface area contributed by atoms with E-state index in [-0.39, 0.29) is 0 Å². The van der Waals surface area contributed by atoms with E-state index in [1.807, 2.05) is 0 Å². The zero-order chi connectivity index (χ0) is 10.8. The molecule has 1 amide bonds. The van der Waals surface area contributed by atoms with Crippen molar-refractivity contribution in [1.29, 1.82) is 0 Å². The van der Waals surface area contributed by atoms with Gasteiger partial charge in [0.2, 0.25) is 0 Å². The molecule has 0 radical (unpaired) electrons. The fourth-order valence-corrected chi connectivity index (χ4v) is 1.81. The van der Waals surface area contributed by atoms with E-state index in [1.54, 1.807) is 7.05 Å². The topological polar surface area (TPSA) is 43.8 Å². The molecule has 1 aliphatic rings. The van der Waals surface area contributed by atoms with Crippen LogP contribution in [0.2, 0.25) is 0 Å². The van der Waals surface area contributed by atoms with Gasteiger partial charge in [0.05, 0.1) is 0 Å². The molecule has 0 spiro atoms. The molecule has 14 heavy (non-hydrogen) atoms. The van der Waals surface area contributed by atoms with Crippen molar-refractivity contribution in [3.63, 3.8) is 0 Å². The quantitative estimate of drug-likeness (QED) is 0.731. The van der Waals surface area contributed by atoms with Crippen LogP contribution in [0.15, 0.2) is 0 Å². The fraction of sp³-hybridized carbons (Fsp3) is 0.900. The molecule has 4 heteroatoms. The SMILES string of the molecule is CN(CCCC1(N(C)C)CC1)C(=O)O. The van der Waals surface area contributed by atoms with Crippen molar-refractivity contribution in [3.8, 4) is 0 Å². The third-order valence-electron chi connectivity index (χ3n) is 3.24. The molecule has 0 atom stereocenters. The van der Waals surface area contributed by atoms with Crippen LogP contribution in [0.5, 0.6) is 0 Å². The molecule has 0 saturated heterocycles. The maximum atomic E-state index is 10.5. The van der Waals surface area contributed by atoms with Crippen LogP contribution in [0.25, 0.3) is 0 Å². The first kappa shape index (κ1) is 11.3. The van der Waals surface area contributed by atoms with Crippen LogP contribution in [0.3, 0.4) is 0 Å². The molecule has 0 aromatic carbocycles. The average molecular weight is 200 g/mol. The molecule has 0 aromatic rings. The van der Waals surface area contributed by atoms with Gasteiger partial charge in [0, 0.05) is 19.1 Å². The second kappa shape index (κ2) is 4.17. The van der Waals surface area contributed by atoms with Gasteiger partial charge in [-0.2, -0.15) is 0 Å². The average Bonchev–Trinajstić information content (AvgIpc) is 2.85. The zero-order valence-electron chi connectivity index (χ0n) is 9.29. The Hall–Kier alpha value is -0.770. The van der Waals surface area contributed by atoms with E-state index >= 15 is 0 Å². The van der Waals surface area contributed by atoms with Crippen LogP contribution in [0.1, 0.15) is 25.7 Å². The predicted molar refractivity (Wildman–Crippen MR) is 55.5 cm³/mol. The van der Waals surface area contributed by atoms with Gasteiger partial charge in [-0.25, -0.2) is 4.79 Å². The van der Waals surface area contributed by atoms with Crippen molar-refractivity contribution < 1.29 is 9.90 Å². The number of carboxylic acid groups (broad SMARTS) is 1. The number of rotatable bonds is 5. The van der Waals surface area contributed by atoms with Crippen molar-refractivity contribution in [3.05, 3.63) is 0 Å². The normalized spacial score (nSPS) is 18.3. The molecule has 0 bridgehead atoms. The van der Waals surface area contributed by atoms with Gasteiger partial charge in [-0.05, 0) is 39.8 Å². The Morgan fingerprint density at radius 3 is 2.29 bits per heavy atom. The first-order valence-electron chi connectivity index (χ1n) is 5.09. The summed E-state index contributed by atoms with van der Waals surface area (Å²) in [5.74, 6) is 0. The Balaban J connectivity index is 2.19. The molecule has 0 unspecified atom stereocenters. The van der Waals surface area contributed by atoms with Crippen LogP contribution in [-0.2, 0) is 0 Å². The molecule has 1 aliphatic carbocycles. The third kappa shape index (κ3) is 2.61. The van der Waals surface area contributed by atoms with Gasteiger partial charge in [-0.15, -0.1) is 0 Å². The summed E-state index contributed by atoms with van der Waals surface area (Å²) >= 11 is 0. The summed E-state index contributed by atoms with van der Waals surface area (Å²) in [4.78, 5) is 14.1. The Morgan fingerprint density at radius 1 is 1.36 bits per heavy atom. The fourth-order valence-electron chi connectivity index (χ4n) is 1.81. The summed E-state index contributed by atoms with van der Waals surface area (Å²) < 4.78 is 0. The van der Waals surface area contributed by atoms with Crippen LogP contribution in [-0.4, -0.2) is 54.2 Å². The summed E-state index contributed by atoms with van der Waals surface area (Å²) in [6.07, 6.45) is 3.76. The molecule has 0 aliphatic heterocycles. The predicted octanol–water partition coefficient (Wildman–Crippen LogP) is 1.47. The van der Waals surface area contributed by atoms with E-state index in [4.69, 9.17) is 5.11 Å². The lowest BCUT2D eigenvalue weighted by molar-refractivity contribution is 0.152. The number of carbonyl (C=O) groups is 1. The molecule has 4 nitrogen and oxygen atoms in total. The molecule has 1 fully saturated rings. The molecule has 82 valence electrons. The number of amides is 1. The largest absolute Gasteiger partial charge is 0.465 e. The van der Waals surface area contributed by atoms with E-state index in [9.17, 15) is 4.79 Å². The zero-order valence-corrected chi connectivity index (χ0v) is 9.29. The molecular weight excluding hydrogens is 180 g/mol. The summed E-state index contributed by atoms with van der Waals surface area (Å²) in [5.41, 5.74) is 0.388. The van der Waals surface area contributed by atoms with Crippen molar-refractivity contribution in [2.45, 2.75) is 31.2 Å². The maximum Gasteiger partial charge on any atom is 0.407 e. The van der Waals surface area contributed by atoms with E-state index < -0.39 is 6.09 Å². The van der Waals surface area contributed by atoms with E-state index in [0.29, 0.717) is 12.1 Å². The molecule has 0 heterocycles. The van der Waals surface area contributed by atoms with Gasteiger partial charge in [-0.3, -0.25) is 0 Å². The lowest BCUT2D eigenvalue weighted by atomic mass is 10.1. The minimum absolute atomic E-state index is 0.388. The second-order valence-electron chi connectivity index (χ2n) is 4.43. The summed E-state index contributed by atoms with van der Waals surface area (Å²) in [5, 5.41) is 8.65. The molecule has 1 saturated carbocycles. The third-order valence-corrected chi connectivity index (χ3v) is 3.24. The van der Waals surface area contributed by atoms with Crippen molar-refractivity contribution in [2.24, 2.45) is 0 Å². The van der Waals surface area contributed by atoms with Crippen LogP contribution in [0, 0.1) is 0 Å². The minimum atomic E-state index is -0.834. The molecule has 1 rings (SSSR count). The highest BCUT2D eigenvalue weighted by Gasteiger charge is 2.43. The highest BCUT2D eigenvalue weighted by Crippen LogP contribution is 2.43. The Labute approximate surface area is 85.5 Å². The number of hydrogen-bond acceptors (Lipinski definition) is 2. The van der Waals surface area contributed by atoms with Gasteiger partial charge < -0.3 is 14.9 Å². The van der Waals surface area contributed by atoms with Crippen LogP contribution in [0.4, 0.5) is 4.79 Å². The molecule has 0 aromatic heterocycles. The Morgan fingerprint density at radius 2 is 1.93 bits per heavy atom. The second-order valence-corrected chi connectivity index (χ2v) is 4.43. The van der Waals surface area contributed by atoms with Crippen molar-refractivity contribution in [2.75, 3.05) is 27.7 Å². The maximum absolute atomic E-state index is 10.5. The monoisotopic (exact) mass is 200 g/mol. The molecular formula is C10H20N2O2. The highest BCUT2D eigenvalue weighted by molar-refractivity contribution is 5.64. The lowest BCUT2D eigenvalue weighted by Crippen LogP contribution is -2.32. The smallest absolute Gasteiger partial charge is 0.407 e. The Bertz CT molecular complexity index is 212. The van der Waals surface area contributed by atoms with Gasteiger partial charge in [0.1, 0.15) is 0 Å². The van der Waals surface area contributed by atoms with Gasteiger partial charge in [0.25, 0.3) is 0 Å². The van der Waals surface area contributed by atoms with Crippen molar-refractivity contribution >= 4 is 6.09 Å². The summed E-state index contributed by atoms with van der Waals surface area (Å²) in [6, 6.07) is 0. The minimum Gasteiger partial charge on any atom is -0.465 e. The van der Waals surface area contributed by atoms with Gasteiger partial charge in [0.15, 0.2) is 0 Å². The first-order chi connectivity index (χ1) is 6.48. The van der Waals surface area contributed by atoms with Crippen LogP contribution >= 0.6 is 0 Å². The highest BCUT2D eigenvalue weighted by atomic mass is 16.4. The van der Waals surface area contributed by atoms with E-state index in [1.165, 1.54) is 17.7 Å². The van der Waals surface area contributed by atoms with Crippen molar-refractivity contribution in [1.82, 2.24) is 9.80 Å². The summed E-state index contributed by atoms with van der Waals surface area (Å²) in [7, 11) is 5.83. The number of hydrogen-bond donors (Lipinski definition) is 1. The van der Waals surface area contributed by atoms with E-state index in [2.05, 4.69) is 19.0 Å². The van der Waals surface area contributed by atoms with Gasteiger partial charge in [-0.1, -0.05) is 0 Å². The summed E-state index contributed by atoms with van der Waals surface area (Å²) in [6.45, 7) is 0.644. The Kier molecular flexibility index (Phi) is 3.37. The van der Waals surface area contributed by atoms with Gasteiger partial charge >= 0.3 is 6.09 Å².